The van der Waals surface area contributed by atoms with Crippen LogP contribution < -0.4 is 0 Å². The zero-order valence-corrected chi connectivity index (χ0v) is 9.36. The highest BCUT2D eigenvalue weighted by molar-refractivity contribution is 5.85. The van der Waals surface area contributed by atoms with Crippen molar-refractivity contribution >= 4 is 17.9 Å². The van der Waals surface area contributed by atoms with Gasteiger partial charge in [0.1, 0.15) is 0 Å². The number of non-ortho nitro benzene ring substituents is 1. The van der Waals surface area contributed by atoms with Gasteiger partial charge in [0, 0.05) is 12.1 Å². The van der Waals surface area contributed by atoms with E-state index in [-0.39, 0.29) is 16.2 Å². The first-order valence-electron chi connectivity index (χ1n) is 4.80. The second-order valence-electron chi connectivity index (χ2n) is 3.52. The minimum atomic E-state index is -1.63. The van der Waals surface area contributed by atoms with Crippen LogP contribution in [0.2, 0.25) is 0 Å². The second-order valence-corrected chi connectivity index (χ2v) is 3.52. The highest BCUT2D eigenvalue weighted by Crippen LogP contribution is 2.19. The van der Waals surface area contributed by atoms with Crippen LogP contribution in [-0.4, -0.2) is 32.2 Å². The van der Waals surface area contributed by atoms with Gasteiger partial charge in [-0.15, -0.1) is 0 Å². The Hall–Kier alpha value is -2.64. The number of amides is 2. The van der Waals surface area contributed by atoms with E-state index in [1.54, 1.807) is 6.92 Å². The molecule has 0 radical (unpaired) electrons. The van der Waals surface area contributed by atoms with E-state index in [0.717, 1.165) is 6.07 Å². The molecule has 8 heteroatoms. The van der Waals surface area contributed by atoms with E-state index in [1.807, 2.05) is 0 Å². The molecule has 1 rings (SSSR count). The quantitative estimate of drug-likeness (QED) is 0.628. The van der Waals surface area contributed by atoms with Gasteiger partial charge in [0.15, 0.2) is 0 Å². The Morgan fingerprint density at radius 1 is 1.33 bits per heavy atom. The molecule has 0 aliphatic carbocycles. The fourth-order valence-corrected chi connectivity index (χ4v) is 1.33. The number of nitro benzene ring substituents is 1. The Balaban J connectivity index is 3.09. The van der Waals surface area contributed by atoms with Crippen LogP contribution in [-0.2, 0) is 6.54 Å². The van der Waals surface area contributed by atoms with Gasteiger partial charge in [-0.2, -0.15) is 0 Å². The summed E-state index contributed by atoms with van der Waals surface area (Å²) in [6.45, 7) is 1.17. The predicted octanol–water partition coefficient (Wildman–Crippen LogP) is 2.06. The Labute approximate surface area is 101 Å². The highest BCUT2D eigenvalue weighted by atomic mass is 16.6. The van der Waals surface area contributed by atoms with E-state index in [2.05, 4.69) is 0 Å². The largest absolute Gasteiger partial charge is 0.465 e. The van der Waals surface area contributed by atoms with Crippen LogP contribution in [0.4, 0.5) is 15.3 Å². The smallest absolute Gasteiger partial charge is 0.417 e. The first-order chi connectivity index (χ1) is 8.32. The van der Waals surface area contributed by atoms with E-state index in [0.29, 0.717) is 5.56 Å². The summed E-state index contributed by atoms with van der Waals surface area (Å²) in [5, 5.41) is 27.9. The van der Waals surface area contributed by atoms with Gasteiger partial charge in [-0.25, -0.2) is 14.5 Å². The van der Waals surface area contributed by atoms with E-state index in [1.165, 1.54) is 12.1 Å². The number of nitro groups is 1. The number of rotatable bonds is 3. The molecule has 0 aliphatic heterocycles. The lowest BCUT2D eigenvalue weighted by Gasteiger charge is -2.14. The van der Waals surface area contributed by atoms with Crippen LogP contribution in [0.15, 0.2) is 18.2 Å². The molecule has 1 aromatic carbocycles. The summed E-state index contributed by atoms with van der Waals surface area (Å²) >= 11 is 0. The second kappa shape index (κ2) is 5.13. The van der Waals surface area contributed by atoms with Crippen molar-refractivity contribution in [3.8, 4) is 0 Å². The van der Waals surface area contributed by atoms with Gasteiger partial charge < -0.3 is 10.2 Å². The topological polar surface area (TPSA) is 121 Å². The minimum Gasteiger partial charge on any atom is -0.465 e. The van der Waals surface area contributed by atoms with Gasteiger partial charge >= 0.3 is 12.2 Å². The molecule has 0 spiro atoms. The van der Waals surface area contributed by atoms with Crippen molar-refractivity contribution in [2.45, 2.75) is 13.5 Å². The average Bonchev–Trinajstić information content (AvgIpc) is 2.26. The molecule has 0 atom stereocenters. The van der Waals surface area contributed by atoms with Crippen molar-refractivity contribution in [2.24, 2.45) is 0 Å². The normalized spacial score (nSPS) is 9.83. The zero-order valence-electron chi connectivity index (χ0n) is 9.36. The third kappa shape index (κ3) is 2.94. The number of carboxylic acid groups (broad SMARTS) is 2. The average molecular weight is 254 g/mol. The van der Waals surface area contributed by atoms with Gasteiger partial charge in [-0.1, -0.05) is 6.07 Å². The van der Waals surface area contributed by atoms with E-state index >= 15 is 0 Å². The van der Waals surface area contributed by atoms with Crippen LogP contribution in [0.1, 0.15) is 11.1 Å². The Morgan fingerprint density at radius 3 is 2.33 bits per heavy atom. The summed E-state index contributed by atoms with van der Waals surface area (Å²) < 4.78 is 0. The number of imide groups is 1. The summed E-state index contributed by atoms with van der Waals surface area (Å²) in [5.41, 5.74) is 0.633. The SMILES string of the molecule is Cc1ccc([N+](=O)[O-])cc1CN(C(=O)O)C(=O)O. The summed E-state index contributed by atoms with van der Waals surface area (Å²) in [5.74, 6) is 0. The van der Waals surface area contributed by atoms with Gasteiger partial charge in [-0.05, 0) is 18.1 Å². The lowest BCUT2D eigenvalue weighted by Crippen LogP contribution is -2.34. The number of hydrogen-bond acceptors (Lipinski definition) is 4. The lowest BCUT2D eigenvalue weighted by atomic mass is 10.1. The van der Waals surface area contributed by atoms with Gasteiger partial charge in [0.05, 0.1) is 11.5 Å². The van der Waals surface area contributed by atoms with Crippen LogP contribution >= 0.6 is 0 Å². The molecule has 0 unspecified atom stereocenters. The molecule has 18 heavy (non-hydrogen) atoms. The molecule has 0 aliphatic rings. The summed E-state index contributed by atoms with van der Waals surface area (Å²) in [6.07, 6.45) is -3.26. The number of aryl methyl sites for hydroxylation is 1. The minimum absolute atomic E-state index is 0.159. The van der Waals surface area contributed by atoms with Crippen molar-refractivity contribution < 1.29 is 24.7 Å². The van der Waals surface area contributed by atoms with E-state index in [9.17, 15) is 19.7 Å². The first-order valence-corrected chi connectivity index (χ1v) is 4.80. The lowest BCUT2D eigenvalue weighted by molar-refractivity contribution is -0.384. The van der Waals surface area contributed by atoms with Crippen LogP contribution in [0, 0.1) is 17.0 Å². The third-order valence-electron chi connectivity index (χ3n) is 2.33. The first kappa shape index (κ1) is 13.4. The van der Waals surface area contributed by atoms with Gasteiger partial charge in [-0.3, -0.25) is 10.1 Å². The van der Waals surface area contributed by atoms with Crippen molar-refractivity contribution in [2.75, 3.05) is 0 Å². The molecule has 96 valence electrons. The molecule has 0 saturated heterocycles. The molecule has 0 bridgehead atoms. The zero-order chi connectivity index (χ0) is 13.9. The van der Waals surface area contributed by atoms with Gasteiger partial charge in [0.2, 0.25) is 0 Å². The molecule has 2 amide bonds. The monoisotopic (exact) mass is 254 g/mol. The van der Waals surface area contributed by atoms with Crippen molar-refractivity contribution in [1.82, 2.24) is 4.90 Å². The summed E-state index contributed by atoms with van der Waals surface area (Å²) in [4.78, 5) is 31.5. The highest BCUT2D eigenvalue weighted by Gasteiger charge is 2.21. The maximum atomic E-state index is 10.7. The number of carbonyl (C=O) groups is 2. The molecule has 0 heterocycles. The van der Waals surface area contributed by atoms with Crippen LogP contribution in [0.3, 0.4) is 0 Å². The van der Waals surface area contributed by atoms with Crippen molar-refractivity contribution in [3.05, 3.63) is 39.4 Å². The molecular weight excluding hydrogens is 244 g/mol. The molecular formula is C10H10N2O6. The number of hydrogen-bond donors (Lipinski definition) is 2. The fraction of sp³-hybridized carbons (Fsp3) is 0.200. The molecule has 0 saturated carbocycles. The Kier molecular flexibility index (Phi) is 3.82. The molecule has 8 nitrogen and oxygen atoms in total. The standard InChI is InChI=1S/C10H10N2O6/c1-6-2-3-8(12(17)18)4-7(6)5-11(9(13)14)10(15)16/h2-4H,5H2,1H3,(H,13,14)(H,15,16). The number of benzene rings is 1. The van der Waals surface area contributed by atoms with E-state index in [4.69, 9.17) is 10.2 Å². The molecule has 0 aromatic heterocycles. The van der Waals surface area contributed by atoms with Crippen LogP contribution in [0.5, 0.6) is 0 Å². The molecule has 1 aromatic rings. The molecule has 0 fully saturated rings. The maximum absolute atomic E-state index is 10.7. The summed E-state index contributed by atoms with van der Waals surface area (Å²) in [7, 11) is 0. The fourth-order valence-electron chi connectivity index (χ4n) is 1.33. The van der Waals surface area contributed by atoms with Gasteiger partial charge in [0.25, 0.3) is 5.69 Å². The number of nitrogens with zero attached hydrogens (tertiary/aromatic N) is 2. The Morgan fingerprint density at radius 2 is 1.89 bits per heavy atom. The maximum Gasteiger partial charge on any atom is 0.417 e. The summed E-state index contributed by atoms with van der Waals surface area (Å²) in [6, 6.07) is 3.87. The predicted molar refractivity (Wildman–Crippen MR) is 59.4 cm³/mol. The van der Waals surface area contributed by atoms with E-state index < -0.39 is 23.7 Å². The molecule has 2 N–H and O–H groups in total. The van der Waals surface area contributed by atoms with Crippen molar-refractivity contribution in [1.29, 1.82) is 0 Å². The van der Waals surface area contributed by atoms with Crippen molar-refractivity contribution in [3.63, 3.8) is 0 Å². The Bertz CT molecular complexity index is 499. The van der Waals surface area contributed by atoms with Crippen LogP contribution in [0.25, 0.3) is 0 Å². The third-order valence-corrected chi connectivity index (χ3v) is 2.33.